The zero-order valence-corrected chi connectivity index (χ0v) is 20.8. The standard InChI is InChI=1S/C12H16F10O3S.C8H20N/c13-2-1-4(14)6(16)8(18)10(20)12(22)11(21)9(19)7(17)5(15)3-26(23,24)25;1-5-9(6-2,7-3)8-4/h4-12H,1-3H2,(H,23,24,25);5-8H2,1-4H3/q;+1/p-1. The molecule has 0 aliphatic heterocycles. The molecular formula is C20H35F10NO3S. The van der Waals surface area contributed by atoms with Crippen LogP contribution in [0.5, 0.6) is 0 Å². The third-order valence-corrected chi connectivity index (χ3v) is 6.67. The van der Waals surface area contributed by atoms with Crippen molar-refractivity contribution in [2.75, 3.05) is 38.6 Å². The largest absolute Gasteiger partial charge is 0.748 e. The molecule has 9 atom stereocenters. The number of halogens is 10. The van der Waals surface area contributed by atoms with Gasteiger partial charge < -0.3 is 9.04 Å². The van der Waals surface area contributed by atoms with Crippen molar-refractivity contribution in [3.8, 4) is 0 Å². The monoisotopic (exact) mass is 559 g/mol. The van der Waals surface area contributed by atoms with Crippen molar-refractivity contribution < 1.29 is 61.4 Å². The van der Waals surface area contributed by atoms with E-state index < -0.39 is 84.5 Å². The Hall–Kier alpha value is -0.830. The molecule has 0 aliphatic rings. The maximum absolute atomic E-state index is 13.4. The Morgan fingerprint density at radius 3 is 1.11 bits per heavy atom. The molecule has 0 rings (SSSR count). The molecular weight excluding hydrogens is 524 g/mol. The normalized spacial score (nSPS) is 20.4. The summed E-state index contributed by atoms with van der Waals surface area (Å²) in [7, 11) is -5.41. The van der Waals surface area contributed by atoms with E-state index >= 15 is 0 Å². The highest BCUT2D eigenvalue weighted by Gasteiger charge is 2.48. The summed E-state index contributed by atoms with van der Waals surface area (Å²) in [5, 5.41) is 0. The van der Waals surface area contributed by atoms with Crippen LogP contribution in [0.1, 0.15) is 34.1 Å². The predicted molar refractivity (Wildman–Crippen MR) is 112 cm³/mol. The van der Waals surface area contributed by atoms with Gasteiger partial charge in [-0.3, -0.25) is 4.39 Å². The van der Waals surface area contributed by atoms with Gasteiger partial charge in [0.15, 0.2) is 43.2 Å². The molecule has 9 unspecified atom stereocenters. The Balaban J connectivity index is 0. The quantitative estimate of drug-likeness (QED) is 0.155. The number of rotatable bonds is 16. The summed E-state index contributed by atoms with van der Waals surface area (Å²) in [6, 6.07) is 0. The van der Waals surface area contributed by atoms with Crippen molar-refractivity contribution in [2.24, 2.45) is 0 Å². The third kappa shape index (κ3) is 12.3. The van der Waals surface area contributed by atoms with Gasteiger partial charge in [-0.05, 0) is 27.7 Å². The Bertz CT molecular complexity index is 642. The van der Waals surface area contributed by atoms with Crippen LogP contribution < -0.4 is 0 Å². The Morgan fingerprint density at radius 1 is 0.600 bits per heavy atom. The Morgan fingerprint density at radius 2 is 0.886 bits per heavy atom. The second kappa shape index (κ2) is 16.8. The van der Waals surface area contributed by atoms with E-state index in [9.17, 15) is 56.9 Å². The summed E-state index contributed by atoms with van der Waals surface area (Å²) < 4.78 is 163. The lowest BCUT2D eigenvalue weighted by atomic mass is 9.96. The zero-order valence-electron chi connectivity index (χ0n) is 20.0. The van der Waals surface area contributed by atoms with Gasteiger partial charge in [0, 0.05) is 6.42 Å². The third-order valence-electron chi connectivity index (χ3n) is 5.95. The zero-order chi connectivity index (χ0) is 28.1. The highest BCUT2D eigenvalue weighted by molar-refractivity contribution is 7.85. The molecule has 0 spiro atoms. The summed E-state index contributed by atoms with van der Waals surface area (Å²) in [5.74, 6) is -2.14. The van der Waals surface area contributed by atoms with Crippen molar-refractivity contribution in [2.45, 2.75) is 89.7 Å². The van der Waals surface area contributed by atoms with Crippen LogP contribution in [0, 0.1) is 0 Å². The van der Waals surface area contributed by atoms with E-state index in [1.807, 2.05) is 0 Å². The Labute approximate surface area is 200 Å². The molecule has 0 amide bonds. The van der Waals surface area contributed by atoms with Crippen molar-refractivity contribution >= 4 is 10.1 Å². The molecule has 0 radical (unpaired) electrons. The second-order valence-electron chi connectivity index (χ2n) is 7.95. The molecule has 0 aliphatic carbocycles. The molecule has 4 nitrogen and oxygen atoms in total. The molecule has 15 heteroatoms. The van der Waals surface area contributed by atoms with Crippen LogP contribution in [0.15, 0.2) is 0 Å². The van der Waals surface area contributed by atoms with Crippen LogP contribution in [-0.2, 0) is 10.1 Å². The topological polar surface area (TPSA) is 57.2 Å². The average molecular weight is 560 g/mol. The molecule has 0 aromatic heterocycles. The number of hydrogen-bond donors (Lipinski definition) is 0. The SMILES string of the molecule is CC[N+](CC)(CC)CC.O=S(=O)([O-])CC(F)C(F)C(F)C(F)C(F)C(F)C(F)C(F)C(F)CCF. The summed E-state index contributed by atoms with van der Waals surface area (Å²) in [6.07, 6.45) is -34.1. The first kappa shape index (κ1) is 36.3. The molecule has 0 heterocycles. The lowest BCUT2D eigenvalue weighted by molar-refractivity contribution is -0.921. The fourth-order valence-corrected chi connectivity index (χ4v) is 3.74. The first-order valence-electron chi connectivity index (χ1n) is 11.1. The number of nitrogens with zero attached hydrogens (tertiary/aromatic N) is 1. The van der Waals surface area contributed by atoms with Crippen LogP contribution >= 0.6 is 0 Å². The molecule has 0 N–H and O–H groups in total. The average Bonchev–Trinajstić information content (AvgIpc) is 2.81. The fourth-order valence-electron chi connectivity index (χ4n) is 3.17. The van der Waals surface area contributed by atoms with Crippen LogP contribution in [-0.4, -0.2) is 112 Å². The summed E-state index contributed by atoms with van der Waals surface area (Å²) in [6.45, 7) is 12.7. The van der Waals surface area contributed by atoms with Gasteiger partial charge in [-0.15, -0.1) is 0 Å². The molecule has 214 valence electrons. The molecule has 0 aromatic rings. The number of hydrogen-bond acceptors (Lipinski definition) is 3. The van der Waals surface area contributed by atoms with E-state index in [2.05, 4.69) is 27.7 Å². The van der Waals surface area contributed by atoms with E-state index in [-0.39, 0.29) is 0 Å². The molecule has 35 heavy (non-hydrogen) atoms. The summed E-state index contributed by atoms with van der Waals surface area (Å²) in [4.78, 5) is 0. The lowest BCUT2D eigenvalue weighted by Crippen LogP contribution is -2.48. The molecule has 0 saturated heterocycles. The molecule has 0 fully saturated rings. The van der Waals surface area contributed by atoms with E-state index in [0.29, 0.717) is 0 Å². The van der Waals surface area contributed by atoms with E-state index in [0.717, 1.165) is 0 Å². The van der Waals surface area contributed by atoms with Crippen LogP contribution in [0.4, 0.5) is 43.9 Å². The fraction of sp³-hybridized carbons (Fsp3) is 1.00. The molecule has 0 aromatic carbocycles. The van der Waals surface area contributed by atoms with Gasteiger partial charge in [0.05, 0.1) is 48.7 Å². The van der Waals surface area contributed by atoms with Crippen LogP contribution in [0.3, 0.4) is 0 Å². The maximum atomic E-state index is 13.4. The first-order chi connectivity index (χ1) is 16.0. The minimum Gasteiger partial charge on any atom is -0.748 e. The highest BCUT2D eigenvalue weighted by Crippen LogP contribution is 2.29. The van der Waals surface area contributed by atoms with Crippen LogP contribution in [0.25, 0.3) is 0 Å². The minimum absolute atomic E-state index is 1.23. The van der Waals surface area contributed by atoms with Gasteiger partial charge in [0.1, 0.15) is 12.3 Å². The molecule has 0 saturated carbocycles. The lowest BCUT2D eigenvalue weighted by Gasteiger charge is -2.34. The van der Waals surface area contributed by atoms with E-state index in [1.54, 1.807) is 0 Å². The van der Waals surface area contributed by atoms with Gasteiger partial charge in [-0.25, -0.2) is 47.9 Å². The number of quaternary nitrogens is 1. The van der Waals surface area contributed by atoms with Gasteiger partial charge in [0.25, 0.3) is 0 Å². The summed E-state index contributed by atoms with van der Waals surface area (Å²) >= 11 is 0. The van der Waals surface area contributed by atoms with Crippen molar-refractivity contribution in [3.63, 3.8) is 0 Å². The first-order valence-corrected chi connectivity index (χ1v) is 12.7. The minimum atomic E-state index is -5.41. The van der Waals surface area contributed by atoms with Gasteiger partial charge in [-0.2, -0.15) is 0 Å². The summed E-state index contributed by atoms with van der Waals surface area (Å²) in [5.41, 5.74) is 0. The predicted octanol–water partition coefficient (Wildman–Crippen LogP) is 4.82. The van der Waals surface area contributed by atoms with E-state index in [1.165, 1.54) is 30.7 Å². The van der Waals surface area contributed by atoms with Crippen molar-refractivity contribution in [1.29, 1.82) is 0 Å². The van der Waals surface area contributed by atoms with Crippen molar-refractivity contribution in [3.05, 3.63) is 0 Å². The van der Waals surface area contributed by atoms with Gasteiger partial charge in [0.2, 0.25) is 0 Å². The maximum Gasteiger partial charge on any atom is 0.168 e. The smallest absolute Gasteiger partial charge is 0.168 e. The molecule has 0 bridgehead atoms. The Kier molecular flexibility index (Phi) is 17.5. The van der Waals surface area contributed by atoms with Crippen LogP contribution in [0.2, 0.25) is 0 Å². The van der Waals surface area contributed by atoms with E-state index in [4.69, 9.17) is 0 Å². The van der Waals surface area contributed by atoms with Crippen molar-refractivity contribution in [1.82, 2.24) is 0 Å². The number of alkyl halides is 10. The van der Waals surface area contributed by atoms with Gasteiger partial charge in [-0.1, -0.05) is 0 Å². The second-order valence-corrected chi connectivity index (χ2v) is 9.40. The van der Waals surface area contributed by atoms with Gasteiger partial charge >= 0.3 is 0 Å². The highest BCUT2D eigenvalue weighted by atomic mass is 32.2.